The Kier molecular flexibility index (Phi) is 4.52. The van der Waals surface area contributed by atoms with Gasteiger partial charge in [-0.1, -0.05) is 25.4 Å². The zero-order valence-electron chi connectivity index (χ0n) is 11.4. The third kappa shape index (κ3) is 2.81. The third-order valence-corrected chi connectivity index (χ3v) is 3.89. The van der Waals surface area contributed by atoms with Crippen molar-refractivity contribution in [3.05, 3.63) is 28.3 Å². The molecule has 0 radical (unpaired) electrons. The van der Waals surface area contributed by atoms with Crippen molar-refractivity contribution in [2.75, 3.05) is 20.2 Å². The fourth-order valence-electron chi connectivity index (χ4n) is 2.85. The molecular weight excluding hydrogens is 246 g/mol. The Bertz CT molecular complexity index is 411. The number of hydrogen-bond donors (Lipinski definition) is 1. The molecule has 1 aromatic rings. The van der Waals surface area contributed by atoms with Crippen LogP contribution in [0.4, 0.5) is 0 Å². The van der Waals surface area contributed by atoms with E-state index in [0.717, 1.165) is 23.9 Å². The first kappa shape index (κ1) is 13.7. The number of hydrogen-bond acceptors (Lipinski definition) is 2. The van der Waals surface area contributed by atoms with Gasteiger partial charge in [0.2, 0.25) is 0 Å². The molecule has 1 heterocycles. The molecule has 1 saturated heterocycles. The van der Waals surface area contributed by atoms with E-state index in [1.807, 2.05) is 6.07 Å². The van der Waals surface area contributed by atoms with Crippen molar-refractivity contribution in [1.29, 1.82) is 0 Å². The fraction of sp³-hybridized carbons (Fsp3) is 0.600. The average Bonchev–Trinajstić information content (AvgIpc) is 2.38. The van der Waals surface area contributed by atoms with E-state index >= 15 is 0 Å². The predicted molar refractivity (Wildman–Crippen MR) is 76.9 cm³/mol. The molecule has 1 aromatic carbocycles. The summed E-state index contributed by atoms with van der Waals surface area (Å²) >= 11 is 6.22. The van der Waals surface area contributed by atoms with Crippen LogP contribution in [-0.2, 0) is 0 Å². The number of ether oxygens (including phenoxy) is 1. The zero-order chi connectivity index (χ0) is 13.1. The molecule has 1 N–H and O–H groups in total. The van der Waals surface area contributed by atoms with Crippen LogP contribution >= 0.6 is 11.6 Å². The van der Waals surface area contributed by atoms with E-state index in [9.17, 15) is 0 Å². The first-order valence-corrected chi connectivity index (χ1v) is 7.09. The van der Waals surface area contributed by atoms with Crippen LogP contribution in [0.25, 0.3) is 0 Å². The predicted octanol–water partition coefficient (Wildman–Crippen LogP) is 3.94. The molecule has 0 bridgehead atoms. The van der Waals surface area contributed by atoms with Crippen LogP contribution in [0.1, 0.15) is 49.7 Å². The van der Waals surface area contributed by atoms with Crippen LogP contribution in [0.5, 0.6) is 5.75 Å². The Morgan fingerprint density at radius 2 is 2.17 bits per heavy atom. The average molecular weight is 268 g/mol. The molecule has 1 unspecified atom stereocenters. The normalized spacial score (nSPS) is 20.2. The molecular formula is C15H22ClNO. The Hall–Kier alpha value is -0.730. The van der Waals surface area contributed by atoms with E-state index in [2.05, 4.69) is 25.2 Å². The minimum Gasteiger partial charge on any atom is -0.496 e. The Morgan fingerprint density at radius 1 is 1.39 bits per heavy atom. The maximum Gasteiger partial charge on any atom is 0.124 e. The van der Waals surface area contributed by atoms with Gasteiger partial charge in [0.15, 0.2) is 0 Å². The Labute approximate surface area is 115 Å². The van der Waals surface area contributed by atoms with Crippen molar-refractivity contribution in [3.63, 3.8) is 0 Å². The van der Waals surface area contributed by atoms with Crippen LogP contribution in [0.2, 0.25) is 5.02 Å². The molecule has 1 aliphatic heterocycles. The standard InChI is InChI=1S/C15H22ClNO/c1-10(2)15-13(11-5-4-6-17-9-11)7-12(16)8-14(15)18-3/h7-8,10-11,17H,4-6,9H2,1-3H3. The topological polar surface area (TPSA) is 21.3 Å². The number of methoxy groups -OCH3 is 1. The molecule has 0 aliphatic carbocycles. The summed E-state index contributed by atoms with van der Waals surface area (Å²) in [6.45, 7) is 6.60. The number of piperidine rings is 1. The summed E-state index contributed by atoms with van der Waals surface area (Å²) in [5.41, 5.74) is 2.68. The van der Waals surface area contributed by atoms with Gasteiger partial charge in [-0.25, -0.2) is 0 Å². The largest absolute Gasteiger partial charge is 0.496 e. The van der Waals surface area contributed by atoms with Gasteiger partial charge >= 0.3 is 0 Å². The number of rotatable bonds is 3. The highest BCUT2D eigenvalue weighted by Crippen LogP contribution is 2.38. The molecule has 0 spiro atoms. The second-order valence-corrected chi connectivity index (χ2v) is 5.75. The zero-order valence-corrected chi connectivity index (χ0v) is 12.2. The summed E-state index contributed by atoms with van der Waals surface area (Å²) in [7, 11) is 1.72. The van der Waals surface area contributed by atoms with Gasteiger partial charge < -0.3 is 10.1 Å². The summed E-state index contributed by atoms with van der Waals surface area (Å²) < 4.78 is 5.51. The van der Waals surface area contributed by atoms with Gasteiger partial charge in [-0.2, -0.15) is 0 Å². The van der Waals surface area contributed by atoms with Crippen molar-refractivity contribution < 1.29 is 4.74 Å². The van der Waals surface area contributed by atoms with E-state index in [1.165, 1.54) is 24.0 Å². The van der Waals surface area contributed by atoms with Gasteiger partial charge in [0, 0.05) is 17.1 Å². The van der Waals surface area contributed by atoms with Gasteiger partial charge in [-0.05, 0) is 48.9 Å². The molecule has 0 aromatic heterocycles. The summed E-state index contributed by atoms with van der Waals surface area (Å²) in [6, 6.07) is 4.05. The highest BCUT2D eigenvalue weighted by atomic mass is 35.5. The monoisotopic (exact) mass is 267 g/mol. The first-order valence-electron chi connectivity index (χ1n) is 6.71. The molecule has 1 aliphatic rings. The molecule has 2 nitrogen and oxygen atoms in total. The number of halogens is 1. The second kappa shape index (κ2) is 5.94. The molecule has 18 heavy (non-hydrogen) atoms. The summed E-state index contributed by atoms with van der Waals surface area (Å²) in [5.74, 6) is 1.94. The minimum atomic E-state index is 0.453. The van der Waals surface area contributed by atoms with Crippen molar-refractivity contribution in [2.45, 2.75) is 38.5 Å². The van der Waals surface area contributed by atoms with Gasteiger partial charge in [0.1, 0.15) is 5.75 Å². The SMILES string of the molecule is COc1cc(Cl)cc(C2CCCNC2)c1C(C)C. The van der Waals surface area contributed by atoms with Gasteiger partial charge in [-0.3, -0.25) is 0 Å². The van der Waals surface area contributed by atoms with Gasteiger partial charge in [0.25, 0.3) is 0 Å². The maximum atomic E-state index is 6.22. The molecule has 3 heteroatoms. The minimum absolute atomic E-state index is 0.453. The fourth-order valence-corrected chi connectivity index (χ4v) is 3.07. The molecule has 1 atom stereocenters. The first-order chi connectivity index (χ1) is 8.63. The summed E-state index contributed by atoms with van der Waals surface area (Å²) in [5, 5.41) is 4.25. The van der Waals surface area contributed by atoms with E-state index in [-0.39, 0.29) is 0 Å². The lowest BCUT2D eigenvalue weighted by Gasteiger charge is -2.27. The Balaban J connectivity index is 2.45. The maximum absolute atomic E-state index is 6.22. The molecule has 0 amide bonds. The van der Waals surface area contributed by atoms with Crippen LogP contribution in [0.3, 0.4) is 0 Å². The highest BCUT2D eigenvalue weighted by Gasteiger charge is 2.22. The quantitative estimate of drug-likeness (QED) is 0.896. The smallest absolute Gasteiger partial charge is 0.124 e. The van der Waals surface area contributed by atoms with E-state index in [0.29, 0.717) is 11.8 Å². The van der Waals surface area contributed by atoms with E-state index in [4.69, 9.17) is 16.3 Å². The van der Waals surface area contributed by atoms with E-state index < -0.39 is 0 Å². The second-order valence-electron chi connectivity index (χ2n) is 5.31. The van der Waals surface area contributed by atoms with Crippen LogP contribution < -0.4 is 10.1 Å². The van der Waals surface area contributed by atoms with Crippen molar-refractivity contribution >= 4 is 11.6 Å². The molecule has 0 saturated carbocycles. The lowest BCUT2D eigenvalue weighted by molar-refractivity contribution is 0.402. The highest BCUT2D eigenvalue weighted by molar-refractivity contribution is 6.30. The van der Waals surface area contributed by atoms with Crippen LogP contribution in [-0.4, -0.2) is 20.2 Å². The number of benzene rings is 1. The van der Waals surface area contributed by atoms with Crippen molar-refractivity contribution in [2.24, 2.45) is 0 Å². The van der Waals surface area contributed by atoms with Crippen LogP contribution in [0, 0.1) is 0 Å². The van der Waals surface area contributed by atoms with Crippen LogP contribution in [0.15, 0.2) is 12.1 Å². The summed E-state index contributed by atoms with van der Waals surface area (Å²) in [6.07, 6.45) is 2.47. The van der Waals surface area contributed by atoms with Crippen molar-refractivity contribution in [3.8, 4) is 5.75 Å². The van der Waals surface area contributed by atoms with Gasteiger partial charge in [0.05, 0.1) is 7.11 Å². The van der Waals surface area contributed by atoms with Gasteiger partial charge in [-0.15, -0.1) is 0 Å². The molecule has 1 fully saturated rings. The molecule has 2 rings (SSSR count). The lowest BCUT2D eigenvalue weighted by Crippen LogP contribution is -2.29. The number of nitrogens with one attached hydrogen (secondary N) is 1. The lowest BCUT2D eigenvalue weighted by atomic mass is 9.84. The third-order valence-electron chi connectivity index (χ3n) is 3.67. The van der Waals surface area contributed by atoms with Crippen molar-refractivity contribution in [1.82, 2.24) is 5.32 Å². The summed E-state index contributed by atoms with van der Waals surface area (Å²) in [4.78, 5) is 0. The Morgan fingerprint density at radius 3 is 2.72 bits per heavy atom. The molecule has 100 valence electrons. The van der Waals surface area contributed by atoms with E-state index in [1.54, 1.807) is 7.11 Å².